The summed E-state index contributed by atoms with van der Waals surface area (Å²) >= 11 is 0. The smallest absolute Gasteiger partial charge is 0.226 e. The molecule has 0 saturated heterocycles. The molecule has 22 heavy (non-hydrogen) atoms. The predicted molar refractivity (Wildman–Crippen MR) is 82.0 cm³/mol. The topological polar surface area (TPSA) is 86.4 Å². The lowest BCUT2D eigenvalue weighted by Crippen LogP contribution is -2.09. The number of pyridine rings is 1. The average molecular weight is 314 g/mol. The van der Waals surface area contributed by atoms with Crippen LogP contribution < -0.4 is 0 Å². The number of aryl methyl sites for hydroxylation is 1. The first-order chi connectivity index (χ1) is 10.6. The Morgan fingerprint density at radius 3 is 2.55 bits per heavy atom. The molecular weight excluding hydrogens is 300 g/mol. The minimum Gasteiger partial charge on any atom is -0.265 e. The predicted octanol–water partition coefficient (Wildman–Crippen LogP) is 1.47. The van der Waals surface area contributed by atoms with Gasteiger partial charge in [0.25, 0.3) is 0 Å². The molecule has 0 fully saturated rings. The molecule has 0 amide bonds. The maximum absolute atomic E-state index is 11.8. The lowest BCUT2D eigenvalue weighted by atomic mass is 10.2. The third-order valence-electron chi connectivity index (χ3n) is 3.30. The summed E-state index contributed by atoms with van der Waals surface area (Å²) in [4.78, 5) is 13.1. The number of aromatic nitrogens is 6. The van der Waals surface area contributed by atoms with Crippen molar-refractivity contribution in [3.8, 4) is 17.2 Å². The SMILES string of the molecule is Cc1nc(-c2ccncc2)nc(-n2cnnc2S(C)=O)c1C. The van der Waals surface area contributed by atoms with Crippen LogP contribution in [0.2, 0.25) is 0 Å². The minimum absolute atomic E-state index is 0.363. The molecule has 0 aliphatic rings. The van der Waals surface area contributed by atoms with E-state index in [2.05, 4.69) is 25.1 Å². The second-order valence-electron chi connectivity index (χ2n) is 4.75. The molecule has 8 heteroatoms. The molecule has 1 atom stereocenters. The van der Waals surface area contributed by atoms with Crippen molar-refractivity contribution >= 4 is 10.8 Å². The second-order valence-corrected chi connectivity index (χ2v) is 6.03. The zero-order valence-corrected chi connectivity index (χ0v) is 13.2. The Balaban J connectivity index is 2.22. The van der Waals surface area contributed by atoms with Crippen molar-refractivity contribution in [2.45, 2.75) is 19.0 Å². The monoisotopic (exact) mass is 314 g/mol. The van der Waals surface area contributed by atoms with Crippen molar-refractivity contribution in [1.82, 2.24) is 29.7 Å². The molecule has 0 spiro atoms. The molecule has 0 aromatic carbocycles. The summed E-state index contributed by atoms with van der Waals surface area (Å²) in [5, 5.41) is 8.11. The first-order valence-electron chi connectivity index (χ1n) is 6.57. The van der Waals surface area contributed by atoms with E-state index in [1.165, 1.54) is 6.33 Å². The zero-order valence-electron chi connectivity index (χ0n) is 12.4. The first kappa shape index (κ1) is 14.5. The van der Waals surface area contributed by atoms with E-state index in [4.69, 9.17) is 0 Å². The van der Waals surface area contributed by atoms with E-state index in [1.807, 2.05) is 26.0 Å². The Hall–Kier alpha value is -2.48. The summed E-state index contributed by atoms with van der Waals surface area (Å²) in [6.07, 6.45) is 6.47. The van der Waals surface area contributed by atoms with Gasteiger partial charge in [-0.25, -0.2) is 9.97 Å². The molecule has 7 nitrogen and oxygen atoms in total. The number of hydrogen-bond acceptors (Lipinski definition) is 6. The van der Waals surface area contributed by atoms with Crippen molar-refractivity contribution < 1.29 is 4.21 Å². The summed E-state index contributed by atoms with van der Waals surface area (Å²) in [5.41, 5.74) is 2.61. The molecule has 3 aromatic heterocycles. The van der Waals surface area contributed by atoms with Gasteiger partial charge < -0.3 is 0 Å². The number of nitrogens with zero attached hydrogens (tertiary/aromatic N) is 6. The van der Waals surface area contributed by atoms with Crippen molar-refractivity contribution in [2.75, 3.05) is 6.26 Å². The van der Waals surface area contributed by atoms with Gasteiger partial charge in [-0.05, 0) is 26.0 Å². The Labute approximate surface area is 130 Å². The highest BCUT2D eigenvalue weighted by Crippen LogP contribution is 2.21. The fourth-order valence-corrected chi connectivity index (χ4v) is 2.62. The van der Waals surface area contributed by atoms with Gasteiger partial charge in [0.2, 0.25) is 5.16 Å². The standard InChI is InChI=1S/C14H14N6OS/c1-9-10(2)17-12(11-4-6-15-7-5-11)18-13(9)20-8-16-19-14(20)22(3)21/h4-8H,1-3H3. The highest BCUT2D eigenvalue weighted by molar-refractivity contribution is 7.84. The quantitative estimate of drug-likeness (QED) is 0.727. The van der Waals surface area contributed by atoms with Crippen molar-refractivity contribution in [3.05, 3.63) is 42.1 Å². The summed E-state index contributed by atoms with van der Waals surface area (Å²) < 4.78 is 13.4. The molecule has 3 rings (SSSR count). The Kier molecular flexibility index (Phi) is 3.76. The second kappa shape index (κ2) is 5.72. The van der Waals surface area contributed by atoms with Gasteiger partial charge in [0.15, 0.2) is 5.82 Å². The van der Waals surface area contributed by atoms with E-state index in [0.717, 1.165) is 16.8 Å². The molecule has 1 unspecified atom stereocenters. The van der Waals surface area contributed by atoms with Crippen LogP contribution in [0, 0.1) is 13.8 Å². The van der Waals surface area contributed by atoms with Crippen LogP contribution in [0.4, 0.5) is 0 Å². The first-order valence-corrected chi connectivity index (χ1v) is 8.13. The van der Waals surface area contributed by atoms with E-state index < -0.39 is 10.8 Å². The lowest BCUT2D eigenvalue weighted by Gasteiger charge is -2.11. The van der Waals surface area contributed by atoms with Gasteiger partial charge in [-0.2, -0.15) is 0 Å². The maximum atomic E-state index is 11.8. The molecule has 0 N–H and O–H groups in total. The van der Waals surface area contributed by atoms with Crippen LogP contribution in [0.5, 0.6) is 0 Å². The van der Waals surface area contributed by atoms with Crippen LogP contribution in [0.15, 0.2) is 36.0 Å². The largest absolute Gasteiger partial charge is 0.265 e. The van der Waals surface area contributed by atoms with Gasteiger partial charge in [0.05, 0.1) is 10.8 Å². The van der Waals surface area contributed by atoms with Crippen LogP contribution in [0.3, 0.4) is 0 Å². The third kappa shape index (κ3) is 2.52. The van der Waals surface area contributed by atoms with Gasteiger partial charge in [0.1, 0.15) is 12.1 Å². The fourth-order valence-electron chi connectivity index (χ4n) is 2.04. The van der Waals surface area contributed by atoms with E-state index in [1.54, 1.807) is 23.2 Å². The van der Waals surface area contributed by atoms with Crippen molar-refractivity contribution in [2.24, 2.45) is 0 Å². The van der Waals surface area contributed by atoms with Gasteiger partial charge >= 0.3 is 0 Å². The molecule has 0 aliphatic heterocycles. The zero-order chi connectivity index (χ0) is 15.7. The molecule has 112 valence electrons. The fraction of sp³-hybridized carbons (Fsp3) is 0.214. The molecule has 0 bridgehead atoms. The van der Waals surface area contributed by atoms with Crippen LogP contribution in [-0.2, 0) is 10.8 Å². The molecule has 0 aliphatic carbocycles. The maximum Gasteiger partial charge on any atom is 0.226 e. The van der Waals surface area contributed by atoms with Gasteiger partial charge in [-0.3, -0.25) is 13.8 Å². The van der Waals surface area contributed by atoms with Crippen LogP contribution in [0.25, 0.3) is 17.2 Å². The van der Waals surface area contributed by atoms with E-state index >= 15 is 0 Å². The summed E-state index contributed by atoms with van der Waals surface area (Å²) in [6, 6.07) is 3.69. The molecule has 0 saturated carbocycles. The summed E-state index contributed by atoms with van der Waals surface area (Å²) in [5.74, 6) is 1.22. The average Bonchev–Trinajstić information content (AvgIpc) is 3.00. The number of rotatable bonds is 3. The number of hydrogen-bond donors (Lipinski definition) is 0. The van der Waals surface area contributed by atoms with E-state index in [9.17, 15) is 4.21 Å². The van der Waals surface area contributed by atoms with Crippen molar-refractivity contribution in [3.63, 3.8) is 0 Å². The molecule has 3 heterocycles. The van der Waals surface area contributed by atoms with Gasteiger partial charge in [-0.15, -0.1) is 10.2 Å². The molecular formula is C14H14N6OS. The van der Waals surface area contributed by atoms with Crippen LogP contribution in [-0.4, -0.2) is 40.2 Å². The lowest BCUT2D eigenvalue weighted by molar-refractivity contribution is 0.674. The van der Waals surface area contributed by atoms with Crippen LogP contribution >= 0.6 is 0 Å². The summed E-state index contributed by atoms with van der Waals surface area (Å²) in [7, 11) is -1.26. The minimum atomic E-state index is -1.26. The summed E-state index contributed by atoms with van der Waals surface area (Å²) in [6.45, 7) is 3.83. The Bertz CT molecular complexity index is 846. The van der Waals surface area contributed by atoms with E-state index in [0.29, 0.717) is 16.8 Å². The Morgan fingerprint density at radius 2 is 1.86 bits per heavy atom. The normalized spacial score (nSPS) is 12.3. The molecule has 3 aromatic rings. The van der Waals surface area contributed by atoms with Crippen molar-refractivity contribution in [1.29, 1.82) is 0 Å². The van der Waals surface area contributed by atoms with Gasteiger partial charge in [0, 0.05) is 35.5 Å². The highest BCUT2D eigenvalue weighted by atomic mass is 32.2. The highest BCUT2D eigenvalue weighted by Gasteiger charge is 2.16. The Morgan fingerprint density at radius 1 is 1.14 bits per heavy atom. The van der Waals surface area contributed by atoms with E-state index in [-0.39, 0.29) is 0 Å². The molecule has 0 radical (unpaired) electrons. The third-order valence-corrected chi connectivity index (χ3v) is 4.10. The van der Waals surface area contributed by atoms with Crippen LogP contribution in [0.1, 0.15) is 11.3 Å². The van der Waals surface area contributed by atoms with Gasteiger partial charge in [-0.1, -0.05) is 0 Å².